The molecule has 0 aliphatic heterocycles. The zero-order valence-electron chi connectivity index (χ0n) is 15.3. The van der Waals surface area contributed by atoms with Crippen LogP contribution in [0, 0.1) is 11.7 Å². The molecular weight excluding hydrogens is 359 g/mol. The Balaban J connectivity index is 1.48. The maximum Gasteiger partial charge on any atom is 0.244 e. The monoisotopic (exact) mass is 380 g/mol. The first-order valence-electron chi connectivity index (χ1n) is 9.37. The summed E-state index contributed by atoms with van der Waals surface area (Å²) in [5.41, 5.74) is 2.20. The molecule has 2 N–H and O–H groups in total. The lowest BCUT2D eigenvalue weighted by Crippen LogP contribution is -2.28. The average molecular weight is 380 g/mol. The number of fused-ring (bicyclic) bond motifs is 1. The highest BCUT2D eigenvalue weighted by Crippen LogP contribution is 2.28. The van der Waals surface area contributed by atoms with Crippen molar-refractivity contribution in [3.63, 3.8) is 0 Å². The molecule has 28 heavy (non-hydrogen) atoms. The Morgan fingerprint density at radius 2 is 1.86 bits per heavy atom. The van der Waals surface area contributed by atoms with Crippen molar-refractivity contribution in [1.82, 2.24) is 14.9 Å². The molecule has 1 aliphatic carbocycles. The van der Waals surface area contributed by atoms with Gasteiger partial charge in [0, 0.05) is 24.6 Å². The lowest BCUT2D eigenvalue weighted by atomic mass is 10.3. The number of amides is 2. The van der Waals surface area contributed by atoms with Crippen molar-refractivity contribution in [2.24, 2.45) is 5.92 Å². The van der Waals surface area contributed by atoms with Gasteiger partial charge in [-0.15, -0.1) is 0 Å². The summed E-state index contributed by atoms with van der Waals surface area (Å²) in [5, 5.41) is 5.71. The number of nitrogens with one attached hydrogen (secondary N) is 2. The van der Waals surface area contributed by atoms with E-state index in [-0.39, 0.29) is 30.1 Å². The predicted molar refractivity (Wildman–Crippen MR) is 104 cm³/mol. The Labute approximate surface area is 161 Å². The third-order valence-corrected chi connectivity index (χ3v) is 4.76. The van der Waals surface area contributed by atoms with Crippen LogP contribution in [0.2, 0.25) is 0 Å². The molecule has 1 aromatic heterocycles. The van der Waals surface area contributed by atoms with Crippen molar-refractivity contribution < 1.29 is 14.0 Å². The van der Waals surface area contributed by atoms with Gasteiger partial charge in [0.25, 0.3) is 0 Å². The van der Waals surface area contributed by atoms with Crippen LogP contribution in [0.15, 0.2) is 48.5 Å². The van der Waals surface area contributed by atoms with E-state index in [4.69, 9.17) is 0 Å². The summed E-state index contributed by atoms with van der Waals surface area (Å²) >= 11 is 0. The number of rotatable bonds is 7. The quantitative estimate of drug-likeness (QED) is 0.662. The molecule has 6 nitrogen and oxygen atoms in total. The maximum absolute atomic E-state index is 13.0. The van der Waals surface area contributed by atoms with E-state index in [1.807, 2.05) is 28.8 Å². The van der Waals surface area contributed by atoms with Gasteiger partial charge in [-0.3, -0.25) is 9.59 Å². The van der Waals surface area contributed by atoms with Crippen LogP contribution < -0.4 is 10.6 Å². The number of imidazole rings is 1. The highest BCUT2D eigenvalue weighted by molar-refractivity contribution is 5.91. The zero-order chi connectivity index (χ0) is 19.5. The smallest absolute Gasteiger partial charge is 0.244 e. The molecule has 0 bridgehead atoms. The highest BCUT2D eigenvalue weighted by atomic mass is 19.1. The van der Waals surface area contributed by atoms with Crippen molar-refractivity contribution in [3.8, 4) is 0 Å². The maximum atomic E-state index is 13.0. The molecule has 3 aromatic rings. The topological polar surface area (TPSA) is 76.0 Å². The molecule has 0 saturated heterocycles. The zero-order valence-corrected chi connectivity index (χ0v) is 15.3. The van der Waals surface area contributed by atoms with Crippen LogP contribution in [0.3, 0.4) is 0 Å². The van der Waals surface area contributed by atoms with Gasteiger partial charge in [-0.2, -0.15) is 0 Å². The van der Waals surface area contributed by atoms with Crippen molar-refractivity contribution >= 4 is 28.5 Å². The Kier molecular flexibility index (Phi) is 5.06. The minimum Gasteiger partial charge on any atom is -0.355 e. The van der Waals surface area contributed by atoms with Gasteiger partial charge in [0.2, 0.25) is 11.8 Å². The second-order valence-electron chi connectivity index (χ2n) is 6.97. The number of hydrogen-bond acceptors (Lipinski definition) is 3. The lowest BCUT2D eigenvalue weighted by Gasteiger charge is -2.11. The Morgan fingerprint density at radius 3 is 2.61 bits per heavy atom. The summed E-state index contributed by atoms with van der Waals surface area (Å²) < 4.78 is 14.9. The number of para-hydroxylation sites is 2. The van der Waals surface area contributed by atoms with Gasteiger partial charge in [0.05, 0.1) is 11.0 Å². The van der Waals surface area contributed by atoms with Gasteiger partial charge in [-0.25, -0.2) is 9.37 Å². The van der Waals surface area contributed by atoms with Crippen molar-refractivity contribution in [3.05, 3.63) is 60.2 Å². The molecule has 0 unspecified atom stereocenters. The van der Waals surface area contributed by atoms with Crippen molar-refractivity contribution in [1.29, 1.82) is 0 Å². The van der Waals surface area contributed by atoms with Crippen molar-refractivity contribution in [2.45, 2.75) is 25.8 Å². The molecular formula is C21H21FN4O2. The molecule has 0 radical (unpaired) electrons. The fourth-order valence-electron chi connectivity index (χ4n) is 3.16. The SMILES string of the molecule is O=C(Cn1c(CCNC(=O)C2CC2)nc2ccccc21)Nc1ccc(F)cc1. The number of hydrogen-bond donors (Lipinski definition) is 2. The first-order valence-corrected chi connectivity index (χ1v) is 9.37. The summed E-state index contributed by atoms with van der Waals surface area (Å²) in [5.74, 6) is 0.427. The third kappa shape index (κ3) is 4.19. The highest BCUT2D eigenvalue weighted by Gasteiger charge is 2.29. The average Bonchev–Trinajstić information content (AvgIpc) is 3.48. The predicted octanol–water partition coefficient (Wildman–Crippen LogP) is 2.88. The van der Waals surface area contributed by atoms with E-state index in [0.29, 0.717) is 18.7 Å². The third-order valence-electron chi connectivity index (χ3n) is 4.76. The molecule has 1 fully saturated rings. The molecule has 1 saturated carbocycles. The van der Waals surface area contributed by atoms with Crippen LogP contribution in [0.4, 0.5) is 10.1 Å². The molecule has 2 amide bonds. The molecule has 1 aliphatic rings. The van der Waals surface area contributed by atoms with Gasteiger partial charge in [-0.05, 0) is 49.2 Å². The Bertz CT molecular complexity index is 1010. The largest absolute Gasteiger partial charge is 0.355 e. The second-order valence-corrected chi connectivity index (χ2v) is 6.97. The van der Waals surface area contributed by atoms with Crippen LogP contribution in [0.5, 0.6) is 0 Å². The summed E-state index contributed by atoms with van der Waals surface area (Å²) in [6, 6.07) is 13.3. The molecule has 2 aromatic carbocycles. The number of halogens is 1. The van der Waals surface area contributed by atoms with Crippen LogP contribution in [-0.2, 0) is 22.6 Å². The van der Waals surface area contributed by atoms with Crippen LogP contribution in [0.25, 0.3) is 11.0 Å². The lowest BCUT2D eigenvalue weighted by molar-refractivity contribution is -0.122. The molecule has 0 spiro atoms. The minimum absolute atomic E-state index is 0.0871. The van der Waals surface area contributed by atoms with E-state index < -0.39 is 0 Å². The molecule has 144 valence electrons. The summed E-state index contributed by atoms with van der Waals surface area (Å²) in [7, 11) is 0. The van der Waals surface area contributed by atoms with E-state index in [1.54, 1.807) is 0 Å². The van der Waals surface area contributed by atoms with E-state index in [1.165, 1.54) is 24.3 Å². The Morgan fingerprint density at radius 1 is 1.11 bits per heavy atom. The molecule has 1 heterocycles. The minimum atomic E-state index is -0.353. The van der Waals surface area contributed by atoms with E-state index in [2.05, 4.69) is 15.6 Å². The number of nitrogens with zero attached hydrogens (tertiary/aromatic N) is 2. The molecule has 0 atom stereocenters. The van der Waals surface area contributed by atoms with Gasteiger partial charge in [0.1, 0.15) is 18.2 Å². The summed E-state index contributed by atoms with van der Waals surface area (Å²) in [6.45, 7) is 0.571. The van der Waals surface area contributed by atoms with E-state index in [9.17, 15) is 14.0 Å². The van der Waals surface area contributed by atoms with Crippen LogP contribution >= 0.6 is 0 Å². The van der Waals surface area contributed by atoms with Gasteiger partial charge >= 0.3 is 0 Å². The van der Waals surface area contributed by atoms with Crippen molar-refractivity contribution in [2.75, 3.05) is 11.9 Å². The molecule has 7 heteroatoms. The summed E-state index contributed by atoms with van der Waals surface area (Å²) in [4.78, 5) is 29.0. The van der Waals surface area contributed by atoms with Crippen LogP contribution in [-0.4, -0.2) is 27.9 Å². The summed E-state index contributed by atoms with van der Waals surface area (Å²) in [6.07, 6.45) is 2.47. The fraction of sp³-hybridized carbons (Fsp3) is 0.286. The number of aromatic nitrogens is 2. The van der Waals surface area contributed by atoms with Crippen LogP contribution in [0.1, 0.15) is 18.7 Å². The Hall–Kier alpha value is -3.22. The van der Waals surface area contributed by atoms with Gasteiger partial charge in [0.15, 0.2) is 0 Å². The van der Waals surface area contributed by atoms with E-state index >= 15 is 0 Å². The van der Waals surface area contributed by atoms with Gasteiger partial charge in [-0.1, -0.05) is 12.1 Å². The number of benzene rings is 2. The first kappa shape index (κ1) is 18.2. The van der Waals surface area contributed by atoms with E-state index in [0.717, 1.165) is 29.7 Å². The van der Waals surface area contributed by atoms with Gasteiger partial charge < -0.3 is 15.2 Å². The number of carbonyl (C=O) groups is 2. The first-order chi connectivity index (χ1) is 13.6. The number of anilines is 1. The molecule has 4 rings (SSSR count). The fourth-order valence-corrected chi connectivity index (χ4v) is 3.16. The second kappa shape index (κ2) is 7.80. The normalized spacial score (nSPS) is 13.5. The number of carbonyl (C=O) groups excluding carboxylic acids is 2. The standard InChI is InChI=1S/C21H21FN4O2/c22-15-7-9-16(10-8-15)24-20(27)13-26-18-4-2-1-3-17(18)25-19(26)11-12-23-21(28)14-5-6-14/h1-4,7-10,14H,5-6,11-13H2,(H,23,28)(H,24,27).